The molecule has 1 aromatic heterocycles. The second-order valence-corrected chi connectivity index (χ2v) is 3.89. The Hall–Kier alpha value is -1.62. The van der Waals surface area contributed by atoms with E-state index in [9.17, 15) is 0 Å². The summed E-state index contributed by atoms with van der Waals surface area (Å²) in [4.78, 5) is 4.41. The van der Waals surface area contributed by atoms with Gasteiger partial charge in [0.2, 0.25) is 0 Å². The van der Waals surface area contributed by atoms with Gasteiger partial charge >= 0.3 is 0 Å². The fraction of sp³-hybridized carbons (Fsp3) is 0.429. The zero-order valence-corrected chi connectivity index (χ0v) is 10.1. The van der Waals surface area contributed by atoms with Crippen molar-refractivity contribution in [3.8, 4) is 6.07 Å². The first kappa shape index (κ1) is 12.4. The third-order valence-electron chi connectivity index (χ3n) is 2.61. The molecule has 0 unspecified atom stereocenters. The number of rotatable bonds is 5. The number of hydrogen-bond donors (Lipinski definition) is 0. The highest BCUT2D eigenvalue weighted by Crippen LogP contribution is 2.17. The molecule has 0 aliphatic carbocycles. The van der Waals surface area contributed by atoms with E-state index in [0.29, 0.717) is 0 Å². The zero-order chi connectivity index (χ0) is 12.0. The van der Waals surface area contributed by atoms with Crippen molar-refractivity contribution < 1.29 is 0 Å². The van der Waals surface area contributed by atoms with Gasteiger partial charge in [-0.25, -0.2) is 0 Å². The van der Waals surface area contributed by atoms with E-state index in [4.69, 9.17) is 5.26 Å². The molecule has 0 bridgehead atoms. The van der Waals surface area contributed by atoms with Gasteiger partial charge in [0.15, 0.2) is 0 Å². The molecule has 0 N–H and O–H groups in total. The molecule has 1 rings (SSSR count). The number of nitriles is 1. The van der Waals surface area contributed by atoms with Gasteiger partial charge < -0.3 is 0 Å². The van der Waals surface area contributed by atoms with Crippen LogP contribution in [0.1, 0.15) is 42.3 Å². The second-order valence-electron chi connectivity index (χ2n) is 3.89. The van der Waals surface area contributed by atoms with Crippen molar-refractivity contribution in [1.29, 1.82) is 5.26 Å². The Morgan fingerprint density at radius 2 is 2.31 bits per heavy atom. The first-order valence-corrected chi connectivity index (χ1v) is 5.73. The monoisotopic (exact) mass is 214 g/mol. The standard InChI is InChI=1S/C14H18N2/c1-4-6-7-8-12-9-11(3)16-14(5-2)13(12)10-15/h4,9H,1,5-8H2,2-3H3. The quantitative estimate of drug-likeness (QED) is 0.557. The average molecular weight is 214 g/mol. The Morgan fingerprint density at radius 1 is 1.56 bits per heavy atom. The molecule has 0 atom stereocenters. The SMILES string of the molecule is C=CCCCc1cc(C)nc(CC)c1C#N. The summed E-state index contributed by atoms with van der Waals surface area (Å²) in [7, 11) is 0. The Balaban J connectivity index is 3.01. The van der Waals surface area contributed by atoms with Gasteiger partial charge in [-0.05, 0) is 44.2 Å². The van der Waals surface area contributed by atoms with Crippen LogP contribution in [0.3, 0.4) is 0 Å². The van der Waals surface area contributed by atoms with Gasteiger partial charge in [0, 0.05) is 5.69 Å². The fourth-order valence-corrected chi connectivity index (χ4v) is 1.84. The van der Waals surface area contributed by atoms with Crippen LogP contribution in [0.4, 0.5) is 0 Å². The first-order chi connectivity index (χ1) is 7.72. The average Bonchev–Trinajstić information content (AvgIpc) is 2.28. The van der Waals surface area contributed by atoms with Crippen LogP contribution in [0, 0.1) is 18.3 Å². The molecule has 16 heavy (non-hydrogen) atoms. The number of hydrogen-bond acceptors (Lipinski definition) is 2. The Labute approximate surface area is 97.6 Å². The van der Waals surface area contributed by atoms with Crippen molar-refractivity contribution in [2.75, 3.05) is 0 Å². The molecule has 0 aliphatic rings. The molecule has 0 aromatic carbocycles. The van der Waals surface area contributed by atoms with Crippen LogP contribution in [-0.2, 0) is 12.8 Å². The second kappa shape index (κ2) is 6.07. The lowest BCUT2D eigenvalue weighted by Crippen LogP contribution is -2.01. The summed E-state index contributed by atoms with van der Waals surface area (Å²) in [6, 6.07) is 4.31. The van der Waals surface area contributed by atoms with E-state index in [2.05, 4.69) is 17.6 Å². The largest absolute Gasteiger partial charge is 0.257 e. The van der Waals surface area contributed by atoms with Gasteiger partial charge in [0.25, 0.3) is 0 Å². The first-order valence-electron chi connectivity index (χ1n) is 5.73. The van der Waals surface area contributed by atoms with E-state index in [1.54, 1.807) is 0 Å². The molecule has 0 saturated carbocycles. The van der Waals surface area contributed by atoms with E-state index >= 15 is 0 Å². The summed E-state index contributed by atoms with van der Waals surface area (Å²) < 4.78 is 0. The van der Waals surface area contributed by atoms with Crippen LogP contribution in [0.2, 0.25) is 0 Å². The van der Waals surface area contributed by atoms with Crippen molar-refractivity contribution in [2.24, 2.45) is 0 Å². The Bertz CT molecular complexity index is 413. The smallest absolute Gasteiger partial charge is 0.101 e. The maximum Gasteiger partial charge on any atom is 0.101 e. The van der Waals surface area contributed by atoms with Crippen LogP contribution in [0.5, 0.6) is 0 Å². The van der Waals surface area contributed by atoms with Crippen LogP contribution in [0.15, 0.2) is 18.7 Å². The van der Waals surface area contributed by atoms with Gasteiger partial charge in [0.1, 0.15) is 6.07 Å². The molecular weight excluding hydrogens is 196 g/mol. The molecule has 0 radical (unpaired) electrons. The van der Waals surface area contributed by atoms with Gasteiger partial charge in [0.05, 0.1) is 11.3 Å². The lowest BCUT2D eigenvalue weighted by atomic mass is 10.00. The summed E-state index contributed by atoms with van der Waals surface area (Å²) >= 11 is 0. The molecule has 2 nitrogen and oxygen atoms in total. The summed E-state index contributed by atoms with van der Waals surface area (Å²) in [5.41, 5.74) is 3.84. The van der Waals surface area contributed by atoms with E-state index in [-0.39, 0.29) is 0 Å². The highest BCUT2D eigenvalue weighted by Gasteiger charge is 2.09. The van der Waals surface area contributed by atoms with Gasteiger partial charge in [-0.3, -0.25) is 4.98 Å². The van der Waals surface area contributed by atoms with E-state index in [1.165, 1.54) is 0 Å². The Morgan fingerprint density at radius 3 is 2.88 bits per heavy atom. The summed E-state index contributed by atoms with van der Waals surface area (Å²) in [6.07, 6.45) is 5.71. The van der Waals surface area contributed by atoms with Crippen molar-refractivity contribution >= 4 is 0 Å². The van der Waals surface area contributed by atoms with Crippen molar-refractivity contribution in [3.63, 3.8) is 0 Å². The molecule has 0 saturated heterocycles. The van der Waals surface area contributed by atoms with Gasteiger partial charge in [-0.1, -0.05) is 13.0 Å². The zero-order valence-electron chi connectivity index (χ0n) is 10.1. The van der Waals surface area contributed by atoms with E-state index in [1.807, 2.05) is 26.0 Å². The maximum atomic E-state index is 9.17. The number of aryl methyl sites for hydroxylation is 3. The highest BCUT2D eigenvalue weighted by atomic mass is 14.7. The summed E-state index contributed by atoms with van der Waals surface area (Å²) in [5.74, 6) is 0. The molecule has 0 amide bonds. The van der Waals surface area contributed by atoms with E-state index < -0.39 is 0 Å². The van der Waals surface area contributed by atoms with Gasteiger partial charge in [-0.15, -0.1) is 6.58 Å². The minimum absolute atomic E-state index is 0.775. The maximum absolute atomic E-state index is 9.17. The highest BCUT2D eigenvalue weighted by molar-refractivity contribution is 5.42. The topological polar surface area (TPSA) is 36.7 Å². The minimum atomic E-state index is 0.775. The summed E-state index contributed by atoms with van der Waals surface area (Å²) in [5, 5.41) is 9.17. The van der Waals surface area contributed by atoms with Crippen molar-refractivity contribution in [3.05, 3.63) is 41.2 Å². The number of nitrogens with zero attached hydrogens (tertiary/aromatic N) is 2. The number of aromatic nitrogens is 1. The number of unbranched alkanes of at least 4 members (excludes halogenated alkanes) is 1. The van der Waals surface area contributed by atoms with Gasteiger partial charge in [-0.2, -0.15) is 5.26 Å². The number of allylic oxidation sites excluding steroid dienone is 1. The lowest BCUT2D eigenvalue weighted by Gasteiger charge is -2.08. The lowest BCUT2D eigenvalue weighted by molar-refractivity contribution is 0.831. The molecule has 1 heterocycles. The van der Waals surface area contributed by atoms with Crippen LogP contribution < -0.4 is 0 Å². The molecule has 2 heteroatoms. The predicted molar refractivity (Wildman–Crippen MR) is 66.2 cm³/mol. The van der Waals surface area contributed by atoms with Crippen LogP contribution in [0.25, 0.3) is 0 Å². The molecule has 0 aliphatic heterocycles. The predicted octanol–water partition coefficient (Wildman–Crippen LogP) is 3.33. The molecule has 84 valence electrons. The third kappa shape index (κ3) is 2.93. The van der Waals surface area contributed by atoms with Crippen LogP contribution in [-0.4, -0.2) is 4.98 Å². The molecule has 0 spiro atoms. The van der Waals surface area contributed by atoms with Crippen molar-refractivity contribution in [2.45, 2.75) is 39.5 Å². The van der Waals surface area contributed by atoms with E-state index in [0.717, 1.165) is 48.2 Å². The minimum Gasteiger partial charge on any atom is -0.257 e. The molecule has 1 aromatic rings. The fourth-order valence-electron chi connectivity index (χ4n) is 1.84. The van der Waals surface area contributed by atoms with Crippen molar-refractivity contribution in [1.82, 2.24) is 4.98 Å². The Kier molecular flexibility index (Phi) is 4.72. The summed E-state index contributed by atoms with van der Waals surface area (Å²) in [6.45, 7) is 7.73. The third-order valence-corrected chi connectivity index (χ3v) is 2.61. The normalized spacial score (nSPS) is 9.81. The number of pyridine rings is 1. The molecule has 0 fully saturated rings. The van der Waals surface area contributed by atoms with Crippen LogP contribution >= 0.6 is 0 Å². The molecular formula is C14H18N2.